The fourth-order valence-electron chi connectivity index (χ4n) is 6.08. The summed E-state index contributed by atoms with van der Waals surface area (Å²) < 4.78 is 8.58. The topological polar surface area (TPSA) is 42.3 Å². The molecule has 2 atom stereocenters. The third-order valence-corrected chi connectivity index (χ3v) is 8.18. The summed E-state index contributed by atoms with van der Waals surface area (Å²) in [4.78, 5) is 6.97. The Morgan fingerprint density at radius 1 is 0.895 bits per heavy atom. The highest BCUT2D eigenvalue weighted by Gasteiger charge is 2.42. The van der Waals surface area contributed by atoms with Crippen molar-refractivity contribution in [3.05, 3.63) is 107 Å². The van der Waals surface area contributed by atoms with Crippen molar-refractivity contribution in [2.75, 3.05) is 4.90 Å². The van der Waals surface area contributed by atoms with Gasteiger partial charge in [0.15, 0.2) is 5.11 Å². The molecule has 1 aliphatic carbocycles. The van der Waals surface area contributed by atoms with Crippen molar-refractivity contribution in [3.8, 4) is 11.4 Å². The minimum atomic E-state index is -0.0791. The molecule has 6 heteroatoms. The number of anilines is 1. The lowest BCUT2D eigenvalue weighted by molar-refractivity contribution is 0.210. The first-order valence-electron chi connectivity index (χ1n) is 13.5. The molecule has 6 rings (SSSR count). The quantitative estimate of drug-likeness (QED) is 0.269. The van der Waals surface area contributed by atoms with Crippen LogP contribution in [0, 0.1) is 20.8 Å². The smallest absolute Gasteiger partial charge is 0.174 e. The summed E-state index contributed by atoms with van der Waals surface area (Å²) in [6.45, 7) is 6.52. The van der Waals surface area contributed by atoms with Gasteiger partial charge in [-0.1, -0.05) is 18.2 Å². The molecule has 2 aromatic heterocycles. The maximum absolute atomic E-state index is 6.24. The minimum absolute atomic E-state index is 0.0521. The molecule has 3 heterocycles. The van der Waals surface area contributed by atoms with E-state index in [0.717, 1.165) is 30.0 Å². The highest BCUT2D eigenvalue weighted by atomic mass is 32.1. The molecule has 1 saturated carbocycles. The van der Waals surface area contributed by atoms with Gasteiger partial charge >= 0.3 is 0 Å². The molecule has 194 valence electrons. The van der Waals surface area contributed by atoms with E-state index in [0.29, 0.717) is 11.2 Å². The monoisotopic (exact) mass is 522 g/mol. The maximum atomic E-state index is 6.24. The lowest BCUT2D eigenvalue weighted by Gasteiger charge is -2.28. The average molecular weight is 523 g/mol. The van der Waals surface area contributed by atoms with E-state index in [1.54, 1.807) is 0 Å². The molecule has 0 unspecified atom stereocenters. The number of hydrogen-bond acceptors (Lipinski definition) is 3. The molecule has 5 nitrogen and oxygen atoms in total. The highest BCUT2D eigenvalue weighted by Crippen LogP contribution is 2.44. The van der Waals surface area contributed by atoms with E-state index in [9.17, 15) is 0 Å². The van der Waals surface area contributed by atoms with Crippen molar-refractivity contribution in [2.24, 2.45) is 0 Å². The predicted octanol–water partition coefficient (Wildman–Crippen LogP) is 7.30. The number of aryl methyl sites for hydroxylation is 2. The minimum Gasteiger partial charge on any atom is -0.490 e. The van der Waals surface area contributed by atoms with Gasteiger partial charge in [0, 0.05) is 29.0 Å². The van der Waals surface area contributed by atoms with Crippen LogP contribution in [0.3, 0.4) is 0 Å². The van der Waals surface area contributed by atoms with E-state index < -0.39 is 0 Å². The Morgan fingerprint density at radius 3 is 2.39 bits per heavy atom. The second-order valence-corrected chi connectivity index (χ2v) is 10.9. The van der Waals surface area contributed by atoms with Gasteiger partial charge in [0.25, 0.3) is 0 Å². The van der Waals surface area contributed by atoms with Gasteiger partial charge in [0.1, 0.15) is 5.75 Å². The van der Waals surface area contributed by atoms with Gasteiger partial charge in [0.05, 0.1) is 23.9 Å². The van der Waals surface area contributed by atoms with Crippen molar-refractivity contribution in [1.82, 2.24) is 14.9 Å². The predicted molar refractivity (Wildman–Crippen MR) is 157 cm³/mol. The Balaban J connectivity index is 1.41. The molecule has 0 radical (unpaired) electrons. The first kappa shape index (κ1) is 24.7. The first-order chi connectivity index (χ1) is 18.5. The van der Waals surface area contributed by atoms with Gasteiger partial charge in [-0.05, 0) is 124 Å². The van der Waals surface area contributed by atoms with Crippen LogP contribution in [-0.4, -0.2) is 20.8 Å². The summed E-state index contributed by atoms with van der Waals surface area (Å²) in [5.74, 6) is 0.925. The zero-order valence-corrected chi connectivity index (χ0v) is 23.0. The van der Waals surface area contributed by atoms with Crippen LogP contribution in [0.2, 0.25) is 0 Å². The van der Waals surface area contributed by atoms with Crippen molar-refractivity contribution < 1.29 is 4.74 Å². The second-order valence-electron chi connectivity index (χ2n) is 10.5. The van der Waals surface area contributed by atoms with Crippen LogP contribution >= 0.6 is 12.2 Å². The Hall–Kier alpha value is -3.64. The first-order valence-corrected chi connectivity index (χ1v) is 13.9. The van der Waals surface area contributed by atoms with E-state index in [2.05, 4.69) is 96.2 Å². The summed E-state index contributed by atoms with van der Waals surface area (Å²) in [6.07, 6.45) is 7.00. The average Bonchev–Trinajstić information content (AvgIpc) is 3.63. The maximum Gasteiger partial charge on any atom is 0.174 e. The fraction of sp³-hybridized carbons (Fsp3) is 0.312. The standard InChI is InChI=1S/C32H34N4OS/c1-21-9-8-10-25(19-21)35-22(2)20-28(23(35)3)31-30(29-13-6-7-18-33-29)34-32(38)36(31)24-14-16-27(17-15-24)37-26-11-4-5-12-26/h6-10,13-20,26,30-31H,4-5,11-12H2,1-3H3,(H,34,38)/t30-,31+/m0/s1. The van der Waals surface area contributed by atoms with Crippen LogP contribution in [-0.2, 0) is 0 Å². The van der Waals surface area contributed by atoms with Gasteiger partial charge < -0.3 is 19.5 Å². The number of nitrogens with zero attached hydrogens (tertiary/aromatic N) is 3. The molecular formula is C32H34N4OS. The molecule has 2 aromatic carbocycles. The molecule has 2 fully saturated rings. The van der Waals surface area contributed by atoms with Crippen LogP contribution in [0.15, 0.2) is 79.0 Å². The van der Waals surface area contributed by atoms with Crippen molar-refractivity contribution in [3.63, 3.8) is 0 Å². The zero-order valence-electron chi connectivity index (χ0n) is 22.2. The summed E-state index contributed by atoms with van der Waals surface area (Å²) in [7, 11) is 0. The van der Waals surface area contributed by atoms with Crippen molar-refractivity contribution >= 4 is 23.0 Å². The number of pyridine rings is 1. The number of hydrogen-bond donors (Lipinski definition) is 1. The lowest BCUT2D eigenvalue weighted by atomic mass is 9.96. The van der Waals surface area contributed by atoms with Crippen molar-refractivity contribution in [1.29, 1.82) is 0 Å². The molecular weight excluding hydrogens is 488 g/mol. The van der Waals surface area contributed by atoms with Gasteiger partial charge in [-0.15, -0.1) is 0 Å². The van der Waals surface area contributed by atoms with E-state index >= 15 is 0 Å². The van der Waals surface area contributed by atoms with E-state index in [-0.39, 0.29) is 12.1 Å². The number of benzene rings is 2. The number of aromatic nitrogens is 2. The number of nitrogens with one attached hydrogen (secondary N) is 1. The number of ether oxygens (including phenoxy) is 1. The molecule has 1 saturated heterocycles. The number of rotatable bonds is 6. The highest BCUT2D eigenvalue weighted by molar-refractivity contribution is 7.80. The van der Waals surface area contributed by atoms with E-state index in [1.165, 1.54) is 41.0 Å². The molecule has 38 heavy (non-hydrogen) atoms. The summed E-state index contributed by atoms with van der Waals surface area (Å²) >= 11 is 5.97. The molecule has 2 aliphatic rings. The molecule has 0 amide bonds. The van der Waals surface area contributed by atoms with Crippen LogP contribution in [0.25, 0.3) is 5.69 Å². The second kappa shape index (κ2) is 10.3. The van der Waals surface area contributed by atoms with Crippen molar-refractivity contribution in [2.45, 2.75) is 64.6 Å². The molecule has 0 bridgehead atoms. The van der Waals surface area contributed by atoms with Gasteiger partial charge in [0.2, 0.25) is 0 Å². The molecule has 4 aromatic rings. The zero-order chi connectivity index (χ0) is 26.2. The van der Waals surface area contributed by atoms with Crippen LogP contribution in [0.5, 0.6) is 5.75 Å². The Labute approximate surface area is 230 Å². The van der Waals surface area contributed by atoms with E-state index in [4.69, 9.17) is 21.9 Å². The summed E-state index contributed by atoms with van der Waals surface area (Å²) in [5, 5.41) is 4.30. The Kier molecular flexibility index (Phi) is 6.66. The Bertz CT molecular complexity index is 1440. The van der Waals surface area contributed by atoms with Gasteiger partial charge in [-0.3, -0.25) is 4.98 Å². The normalized spacial score (nSPS) is 19.7. The Morgan fingerprint density at radius 2 is 1.68 bits per heavy atom. The van der Waals surface area contributed by atoms with Crippen LogP contribution in [0.4, 0.5) is 5.69 Å². The lowest BCUT2D eigenvalue weighted by Crippen LogP contribution is -2.29. The SMILES string of the molecule is Cc1cccc(-n2c(C)cc([C@@H]3[C@H](c4ccccn4)NC(=S)N3c3ccc(OC4CCCC4)cc3)c2C)c1. The summed E-state index contributed by atoms with van der Waals surface area (Å²) in [6, 6.07) is 25.3. The summed E-state index contributed by atoms with van der Waals surface area (Å²) in [5.41, 5.74) is 8.08. The third-order valence-electron chi connectivity index (χ3n) is 7.87. The van der Waals surface area contributed by atoms with Gasteiger partial charge in [-0.25, -0.2) is 0 Å². The molecule has 1 N–H and O–H groups in total. The molecule has 0 spiro atoms. The van der Waals surface area contributed by atoms with E-state index in [1.807, 2.05) is 18.3 Å². The molecule has 1 aliphatic heterocycles. The van der Waals surface area contributed by atoms with Crippen LogP contribution in [0.1, 0.15) is 66.0 Å². The number of thiocarbonyl (C=S) groups is 1. The fourth-order valence-corrected chi connectivity index (χ4v) is 6.43. The largest absolute Gasteiger partial charge is 0.490 e. The van der Waals surface area contributed by atoms with Gasteiger partial charge in [-0.2, -0.15) is 0 Å². The van der Waals surface area contributed by atoms with Crippen LogP contribution < -0.4 is 15.0 Å². The third kappa shape index (κ3) is 4.58.